The fourth-order valence-corrected chi connectivity index (χ4v) is 4.04. The molecule has 0 aliphatic carbocycles. The average Bonchev–Trinajstić information content (AvgIpc) is 3.27. The van der Waals surface area contributed by atoms with Crippen LogP contribution in [0.2, 0.25) is 0 Å². The maximum absolute atomic E-state index is 12.8. The van der Waals surface area contributed by atoms with Gasteiger partial charge in [0.15, 0.2) is 0 Å². The third-order valence-electron chi connectivity index (χ3n) is 5.17. The van der Waals surface area contributed by atoms with Crippen LogP contribution in [0.4, 0.5) is 0 Å². The summed E-state index contributed by atoms with van der Waals surface area (Å²) in [5.41, 5.74) is 0.637. The molecule has 2 saturated heterocycles. The summed E-state index contributed by atoms with van der Waals surface area (Å²) in [5, 5.41) is 7.54. The molecular weight excluding hydrogens is 290 g/mol. The molecule has 2 aromatic heterocycles. The van der Waals surface area contributed by atoms with Gasteiger partial charge in [-0.05, 0) is 37.9 Å². The predicted octanol–water partition coefficient (Wildman–Crippen LogP) is 1.57. The largest absolute Gasteiger partial charge is 0.348 e. The van der Waals surface area contributed by atoms with E-state index in [-0.39, 0.29) is 11.9 Å². The molecule has 6 heteroatoms. The Labute approximate surface area is 136 Å². The first kappa shape index (κ1) is 14.5. The lowest BCUT2D eigenvalue weighted by Gasteiger charge is -2.32. The number of aryl methyl sites for hydroxylation is 1. The van der Waals surface area contributed by atoms with Gasteiger partial charge in [0, 0.05) is 38.1 Å². The van der Waals surface area contributed by atoms with Gasteiger partial charge in [0.05, 0.1) is 6.20 Å². The number of fused-ring (bicyclic) bond motifs is 1. The van der Waals surface area contributed by atoms with Crippen molar-refractivity contribution < 1.29 is 4.79 Å². The van der Waals surface area contributed by atoms with Crippen molar-refractivity contribution in [2.24, 2.45) is 7.05 Å². The normalized spacial score (nSPS) is 24.6. The number of hydrogen-bond donors (Lipinski definition) is 1. The zero-order valence-corrected chi connectivity index (χ0v) is 13.5. The third kappa shape index (κ3) is 2.57. The van der Waals surface area contributed by atoms with E-state index in [2.05, 4.69) is 15.3 Å². The first-order chi connectivity index (χ1) is 11.2. The third-order valence-corrected chi connectivity index (χ3v) is 5.17. The Morgan fingerprint density at radius 3 is 2.87 bits per heavy atom. The predicted molar refractivity (Wildman–Crippen MR) is 87.6 cm³/mol. The number of nitrogens with zero attached hydrogens (tertiary/aromatic N) is 4. The molecule has 2 atom stereocenters. The van der Waals surface area contributed by atoms with E-state index in [9.17, 15) is 4.79 Å². The summed E-state index contributed by atoms with van der Waals surface area (Å²) in [7, 11) is 1.87. The lowest BCUT2D eigenvalue weighted by atomic mass is 9.99. The summed E-state index contributed by atoms with van der Waals surface area (Å²) in [6, 6.07) is 4.68. The van der Waals surface area contributed by atoms with E-state index in [1.165, 1.54) is 25.8 Å². The second kappa shape index (κ2) is 5.85. The number of carbonyl (C=O) groups is 1. The Balaban J connectivity index is 1.54. The topological polar surface area (TPSA) is 55.1 Å². The number of rotatable bonds is 3. The molecule has 2 aliphatic rings. The van der Waals surface area contributed by atoms with Gasteiger partial charge in [-0.25, -0.2) is 0 Å². The molecule has 2 fully saturated rings. The molecule has 0 radical (unpaired) electrons. The average molecular weight is 313 g/mol. The van der Waals surface area contributed by atoms with E-state index in [1.807, 2.05) is 36.1 Å². The van der Waals surface area contributed by atoms with E-state index < -0.39 is 0 Å². The minimum absolute atomic E-state index is 0.0146. The first-order valence-corrected chi connectivity index (χ1v) is 8.44. The number of carbonyl (C=O) groups excluding carboxylic acids is 1. The summed E-state index contributed by atoms with van der Waals surface area (Å²) in [6.45, 7) is 2.28. The molecule has 1 amide bonds. The molecule has 0 saturated carbocycles. The maximum Gasteiger partial charge on any atom is 0.256 e. The van der Waals surface area contributed by atoms with Crippen molar-refractivity contribution in [2.45, 2.75) is 37.8 Å². The molecule has 0 aromatic carbocycles. The van der Waals surface area contributed by atoms with Crippen LogP contribution in [-0.2, 0) is 7.05 Å². The molecule has 0 spiro atoms. The SMILES string of the molecule is Cn1ncc(C(=O)N[C@H]2CCN3CCCC[C@H]23)c1-n1cccc1. The lowest BCUT2D eigenvalue weighted by Crippen LogP contribution is -2.46. The highest BCUT2D eigenvalue weighted by Crippen LogP contribution is 2.27. The van der Waals surface area contributed by atoms with Crippen molar-refractivity contribution in [1.82, 2.24) is 24.6 Å². The van der Waals surface area contributed by atoms with Crippen LogP contribution in [0, 0.1) is 0 Å². The monoisotopic (exact) mass is 313 g/mol. The molecule has 0 bridgehead atoms. The Kier molecular flexibility index (Phi) is 3.69. The highest BCUT2D eigenvalue weighted by Gasteiger charge is 2.36. The van der Waals surface area contributed by atoms with E-state index in [0.29, 0.717) is 11.6 Å². The minimum Gasteiger partial charge on any atom is -0.348 e. The van der Waals surface area contributed by atoms with Crippen LogP contribution in [0.15, 0.2) is 30.7 Å². The first-order valence-electron chi connectivity index (χ1n) is 8.44. The molecule has 0 unspecified atom stereocenters. The molecule has 4 rings (SSSR count). The number of amides is 1. The summed E-state index contributed by atoms with van der Waals surface area (Å²) in [5.74, 6) is 0.797. The van der Waals surface area contributed by atoms with Gasteiger partial charge in [-0.3, -0.25) is 14.4 Å². The van der Waals surface area contributed by atoms with Crippen LogP contribution in [0.25, 0.3) is 5.82 Å². The van der Waals surface area contributed by atoms with Gasteiger partial charge in [-0.15, -0.1) is 0 Å². The summed E-state index contributed by atoms with van der Waals surface area (Å²) >= 11 is 0. The smallest absolute Gasteiger partial charge is 0.256 e. The Bertz CT molecular complexity index is 690. The van der Waals surface area contributed by atoms with Crippen LogP contribution in [0.1, 0.15) is 36.0 Å². The van der Waals surface area contributed by atoms with Gasteiger partial charge in [0.1, 0.15) is 11.4 Å². The molecule has 4 heterocycles. The quantitative estimate of drug-likeness (QED) is 0.936. The number of aromatic nitrogens is 3. The van der Waals surface area contributed by atoms with Gasteiger partial charge in [-0.1, -0.05) is 6.42 Å². The standard InChI is InChI=1S/C17H23N5O/c1-20-17(22-9-4-5-10-22)13(12-18-20)16(23)19-14-7-11-21-8-3-2-6-15(14)21/h4-5,9-10,12,14-15H,2-3,6-8,11H2,1H3,(H,19,23)/t14-,15+/m0/s1. The second-order valence-electron chi connectivity index (χ2n) is 6.56. The van der Waals surface area contributed by atoms with E-state index in [0.717, 1.165) is 18.8 Å². The fourth-order valence-electron chi connectivity index (χ4n) is 4.04. The highest BCUT2D eigenvalue weighted by atomic mass is 16.1. The van der Waals surface area contributed by atoms with Gasteiger partial charge in [0.2, 0.25) is 0 Å². The summed E-state index contributed by atoms with van der Waals surface area (Å²) < 4.78 is 3.68. The van der Waals surface area contributed by atoms with Crippen molar-refractivity contribution in [3.05, 3.63) is 36.3 Å². The number of piperidine rings is 1. The van der Waals surface area contributed by atoms with Crippen molar-refractivity contribution >= 4 is 5.91 Å². The molecule has 6 nitrogen and oxygen atoms in total. The van der Waals surface area contributed by atoms with Gasteiger partial charge < -0.3 is 9.88 Å². The molecule has 1 N–H and O–H groups in total. The fraction of sp³-hybridized carbons (Fsp3) is 0.529. The second-order valence-corrected chi connectivity index (χ2v) is 6.56. The minimum atomic E-state index is -0.0146. The van der Waals surface area contributed by atoms with Crippen molar-refractivity contribution in [3.8, 4) is 5.82 Å². The molecule has 2 aromatic rings. The van der Waals surface area contributed by atoms with E-state index in [1.54, 1.807) is 10.9 Å². The van der Waals surface area contributed by atoms with Crippen LogP contribution in [0.5, 0.6) is 0 Å². The highest BCUT2D eigenvalue weighted by molar-refractivity contribution is 5.97. The molecule has 2 aliphatic heterocycles. The maximum atomic E-state index is 12.8. The van der Waals surface area contributed by atoms with Crippen LogP contribution in [-0.4, -0.2) is 50.3 Å². The zero-order chi connectivity index (χ0) is 15.8. The molecule has 23 heavy (non-hydrogen) atoms. The number of nitrogens with one attached hydrogen (secondary N) is 1. The Morgan fingerprint density at radius 1 is 1.22 bits per heavy atom. The molecule has 122 valence electrons. The van der Waals surface area contributed by atoms with Crippen LogP contribution in [0.3, 0.4) is 0 Å². The van der Waals surface area contributed by atoms with Crippen LogP contribution < -0.4 is 5.32 Å². The Hall–Kier alpha value is -2.08. The summed E-state index contributed by atoms with van der Waals surface area (Å²) in [6.07, 6.45) is 10.3. The lowest BCUT2D eigenvalue weighted by molar-refractivity contribution is 0.0915. The Morgan fingerprint density at radius 2 is 2.04 bits per heavy atom. The van der Waals surface area contributed by atoms with Gasteiger partial charge in [0.25, 0.3) is 5.91 Å². The van der Waals surface area contributed by atoms with Crippen LogP contribution >= 0.6 is 0 Å². The molecular formula is C17H23N5O. The van der Waals surface area contributed by atoms with Crippen molar-refractivity contribution in [2.75, 3.05) is 13.1 Å². The van der Waals surface area contributed by atoms with Crippen molar-refractivity contribution in [3.63, 3.8) is 0 Å². The van der Waals surface area contributed by atoms with Crippen molar-refractivity contribution in [1.29, 1.82) is 0 Å². The zero-order valence-electron chi connectivity index (χ0n) is 13.5. The van der Waals surface area contributed by atoms with E-state index in [4.69, 9.17) is 0 Å². The van der Waals surface area contributed by atoms with Gasteiger partial charge in [-0.2, -0.15) is 5.10 Å². The van der Waals surface area contributed by atoms with Gasteiger partial charge >= 0.3 is 0 Å². The number of hydrogen-bond acceptors (Lipinski definition) is 3. The summed E-state index contributed by atoms with van der Waals surface area (Å²) in [4.78, 5) is 15.3. The van der Waals surface area contributed by atoms with E-state index >= 15 is 0 Å².